The molecule has 1 unspecified atom stereocenters. The third-order valence-electron chi connectivity index (χ3n) is 5.89. The lowest BCUT2D eigenvalue weighted by atomic mass is 9.92. The highest BCUT2D eigenvalue weighted by atomic mass is 16.6. The maximum Gasteiger partial charge on any atom is 0.595 e. The van der Waals surface area contributed by atoms with Gasteiger partial charge < -0.3 is 14.4 Å². The molecule has 5 rings (SSSR count). The molecule has 2 bridgehead atoms. The highest BCUT2D eigenvalue weighted by Crippen LogP contribution is 2.39. The van der Waals surface area contributed by atoms with E-state index in [2.05, 4.69) is 51.1 Å². The summed E-state index contributed by atoms with van der Waals surface area (Å²) in [7, 11) is 0. The minimum Gasteiger partial charge on any atom is -0.484 e. The monoisotopic (exact) mass is 403 g/mol. The molecule has 2 aromatic rings. The highest BCUT2D eigenvalue weighted by molar-refractivity contribution is 5.83. The van der Waals surface area contributed by atoms with Gasteiger partial charge in [0, 0.05) is 30.9 Å². The van der Waals surface area contributed by atoms with Crippen molar-refractivity contribution in [1.29, 1.82) is 0 Å². The van der Waals surface area contributed by atoms with E-state index >= 15 is 0 Å². The SMILES string of the molecule is NC(=O)[N+]#CC1CC2=CC[C@@H](C1)N2Cc1ccc([C@H]2COc3cccnc3O2)cc1. The van der Waals surface area contributed by atoms with Crippen LogP contribution in [-0.2, 0) is 6.54 Å². The lowest BCUT2D eigenvalue weighted by Gasteiger charge is -2.36. The summed E-state index contributed by atoms with van der Waals surface area (Å²) >= 11 is 0. The number of piperidine rings is 1. The molecule has 0 saturated carbocycles. The molecule has 1 aromatic heterocycles. The first-order valence-corrected chi connectivity index (χ1v) is 10.2. The number of benzene rings is 1. The van der Waals surface area contributed by atoms with E-state index in [0.717, 1.165) is 31.4 Å². The average molecular weight is 403 g/mol. The largest absolute Gasteiger partial charge is 0.595 e. The number of nitrogens with two attached hydrogens (primary N) is 1. The number of fused-ring (bicyclic) bond motifs is 3. The molecule has 7 heteroatoms. The molecule has 0 radical (unpaired) electrons. The van der Waals surface area contributed by atoms with Gasteiger partial charge in [-0.05, 0) is 36.1 Å². The van der Waals surface area contributed by atoms with Gasteiger partial charge in [-0.3, -0.25) is 0 Å². The van der Waals surface area contributed by atoms with Gasteiger partial charge in [0.05, 0.1) is 5.92 Å². The summed E-state index contributed by atoms with van der Waals surface area (Å²) in [5.74, 6) is 1.39. The predicted octanol–water partition coefficient (Wildman–Crippen LogP) is 3.87. The molecule has 2 amide bonds. The van der Waals surface area contributed by atoms with E-state index in [4.69, 9.17) is 15.2 Å². The van der Waals surface area contributed by atoms with Crippen LogP contribution in [0, 0.1) is 12.0 Å². The minimum absolute atomic E-state index is 0.156. The number of hydrogen-bond donors (Lipinski definition) is 1. The Bertz CT molecular complexity index is 1050. The van der Waals surface area contributed by atoms with Crippen molar-refractivity contribution in [3.63, 3.8) is 0 Å². The average Bonchev–Trinajstić information content (AvgIpc) is 3.00. The molecule has 30 heavy (non-hydrogen) atoms. The number of urea groups is 1. The van der Waals surface area contributed by atoms with Gasteiger partial charge in [-0.15, -0.1) is 4.85 Å². The van der Waals surface area contributed by atoms with Gasteiger partial charge in [0.2, 0.25) is 0 Å². The van der Waals surface area contributed by atoms with Crippen molar-refractivity contribution in [2.45, 2.75) is 38.0 Å². The summed E-state index contributed by atoms with van der Waals surface area (Å²) in [6.45, 7) is 1.34. The summed E-state index contributed by atoms with van der Waals surface area (Å²) in [4.78, 5) is 21.2. The first-order valence-electron chi connectivity index (χ1n) is 10.2. The normalized spacial score (nSPS) is 23.9. The first kappa shape index (κ1) is 18.5. The van der Waals surface area contributed by atoms with Gasteiger partial charge in [0.1, 0.15) is 6.61 Å². The number of rotatable bonds is 3. The number of ether oxygens (including phenoxy) is 2. The number of aromatic nitrogens is 1. The van der Waals surface area contributed by atoms with E-state index in [1.165, 1.54) is 11.3 Å². The quantitative estimate of drug-likeness (QED) is 0.841. The Hall–Kier alpha value is -3.53. The second-order valence-corrected chi connectivity index (χ2v) is 7.89. The van der Waals surface area contributed by atoms with Crippen molar-refractivity contribution in [3.8, 4) is 17.7 Å². The minimum atomic E-state index is -0.675. The van der Waals surface area contributed by atoms with Crippen molar-refractivity contribution in [1.82, 2.24) is 9.88 Å². The number of carbonyl (C=O) groups is 1. The summed E-state index contributed by atoms with van der Waals surface area (Å²) in [5, 5.41) is 0. The summed E-state index contributed by atoms with van der Waals surface area (Å²) < 4.78 is 11.8. The zero-order valence-electron chi connectivity index (χ0n) is 16.5. The van der Waals surface area contributed by atoms with Crippen LogP contribution < -0.4 is 15.2 Å². The van der Waals surface area contributed by atoms with E-state index in [-0.39, 0.29) is 12.0 Å². The van der Waals surface area contributed by atoms with Crippen LogP contribution in [-0.4, -0.2) is 28.6 Å². The van der Waals surface area contributed by atoms with Crippen LogP contribution in [0.3, 0.4) is 0 Å². The fourth-order valence-electron chi connectivity index (χ4n) is 4.43. The molecule has 1 fully saturated rings. The van der Waals surface area contributed by atoms with Crippen LogP contribution >= 0.6 is 0 Å². The standard InChI is InChI=1S/C23H22N4O3/c24-23(28)26-12-16-10-18-7-8-19(11-16)27(18)13-15-3-5-17(6-4-15)21-14-29-20-2-1-9-25-22(20)30-21/h1-7,9,16,19,21H,8,10-11,13-14H2,(H-,24,28)/p+1/t16?,19-,21+/m0/s1. The molecule has 4 heterocycles. The van der Waals surface area contributed by atoms with Crippen LogP contribution in [0.2, 0.25) is 0 Å². The lowest BCUT2D eigenvalue weighted by molar-refractivity contribution is 0.0850. The molecular formula is C23H23N4O3+. The highest BCUT2D eigenvalue weighted by Gasteiger charge is 2.35. The second-order valence-electron chi connectivity index (χ2n) is 7.89. The first-order chi connectivity index (χ1) is 14.7. The van der Waals surface area contributed by atoms with Gasteiger partial charge in [-0.1, -0.05) is 30.3 Å². The van der Waals surface area contributed by atoms with Gasteiger partial charge in [0.25, 0.3) is 5.88 Å². The Balaban J connectivity index is 1.23. The van der Waals surface area contributed by atoms with Crippen LogP contribution in [0.1, 0.15) is 36.5 Å². The molecule has 3 aliphatic rings. The summed E-state index contributed by atoms with van der Waals surface area (Å²) in [6, 6.07) is 14.9. The maximum atomic E-state index is 10.9. The maximum absolute atomic E-state index is 10.9. The van der Waals surface area contributed by atoms with E-state index in [1.54, 1.807) is 6.20 Å². The fraction of sp³-hybridized carbons (Fsp3) is 0.348. The van der Waals surface area contributed by atoms with Crippen molar-refractivity contribution in [3.05, 3.63) is 70.3 Å². The number of amides is 2. The number of hydrogen-bond acceptors (Lipinski definition) is 5. The van der Waals surface area contributed by atoms with Crippen molar-refractivity contribution >= 4 is 6.03 Å². The smallest absolute Gasteiger partial charge is 0.484 e. The van der Waals surface area contributed by atoms with E-state index in [1.807, 2.05) is 12.1 Å². The lowest BCUT2D eigenvalue weighted by Crippen LogP contribution is -2.36. The molecule has 2 N–H and O–H groups in total. The Morgan fingerprint density at radius 2 is 2.17 bits per heavy atom. The number of primary amides is 1. The third-order valence-corrected chi connectivity index (χ3v) is 5.89. The molecule has 1 saturated heterocycles. The topological polar surface area (TPSA) is 82.0 Å². The number of nitrogens with zero attached hydrogens (tertiary/aromatic N) is 3. The molecular weight excluding hydrogens is 380 g/mol. The van der Waals surface area contributed by atoms with Crippen molar-refractivity contribution in [2.75, 3.05) is 6.61 Å². The molecule has 7 nitrogen and oxygen atoms in total. The van der Waals surface area contributed by atoms with Gasteiger partial charge in [-0.25, -0.2) is 10.7 Å². The fourth-order valence-corrected chi connectivity index (χ4v) is 4.43. The predicted molar refractivity (Wildman–Crippen MR) is 111 cm³/mol. The van der Waals surface area contributed by atoms with Crippen LogP contribution in [0.25, 0.3) is 4.85 Å². The number of allylic oxidation sites excluding steroid dienone is 1. The summed E-state index contributed by atoms with van der Waals surface area (Å²) in [6.07, 6.45) is 6.66. The van der Waals surface area contributed by atoms with Crippen molar-refractivity contribution in [2.24, 2.45) is 11.7 Å². The van der Waals surface area contributed by atoms with E-state index in [9.17, 15) is 4.79 Å². The third kappa shape index (κ3) is 3.69. The van der Waals surface area contributed by atoms with Gasteiger partial charge in [0.15, 0.2) is 17.9 Å². The Morgan fingerprint density at radius 1 is 1.30 bits per heavy atom. The molecule has 3 aliphatic heterocycles. The zero-order chi connectivity index (χ0) is 20.5. The second kappa shape index (κ2) is 7.71. The molecule has 3 atom stereocenters. The number of pyridine rings is 1. The van der Waals surface area contributed by atoms with Gasteiger partial charge in [-0.2, -0.15) is 4.79 Å². The van der Waals surface area contributed by atoms with Crippen molar-refractivity contribution < 1.29 is 14.3 Å². The molecule has 1 aromatic carbocycles. The van der Waals surface area contributed by atoms with Crippen LogP contribution in [0.5, 0.6) is 11.6 Å². The van der Waals surface area contributed by atoms with Gasteiger partial charge >= 0.3 is 6.03 Å². The Labute approximate surface area is 174 Å². The van der Waals surface area contributed by atoms with E-state index < -0.39 is 6.03 Å². The van der Waals surface area contributed by atoms with Crippen LogP contribution in [0.4, 0.5) is 4.79 Å². The molecule has 0 aliphatic carbocycles. The summed E-state index contributed by atoms with van der Waals surface area (Å²) in [5.41, 5.74) is 8.73. The Kier molecular flexibility index (Phi) is 4.75. The number of carbonyl (C=O) groups excluding carboxylic acids is 1. The van der Waals surface area contributed by atoms with E-state index in [0.29, 0.717) is 24.3 Å². The molecule has 152 valence electrons. The Morgan fingerprint density at radius 3 is 2.97 bits per heavy atom. The van der Waals surface area contributed by atoms with Crippen LogP contribution in [0.15, 0.2) is 54.4 Å². The molecule has 0 spiro atoms. The zero-order valence-corrected chi connectivity index (χ0v) is 16.5.